The van der Waals surface area contributed by atoms with Gasteiger partial charge in [-0.25, -0.2) is 0 Å². The third-order valence-corrected chi connectivity index (χ3v) is 4.10. The molecule has 140 valence electrons. The first-order valence-corrected chi connectivity index (χ1v) is 8.10. The van der Waals surface area contributed by atoms with E-state index in [9.17, 15) is 22.8 Å². The number of ether oxygens (including phenoxy) is 2. The molecule has 0 bridgehead atoms. The molecule has 2 aliphatic rings. The summed E-state index contributed by atoms with van der Waals surface area (Å²) in [5.74, 6) is -1.20. The Hall–Kier alpha value is -2.71. The molecule has 0 radical (unpaired) electrons. The molecule has 1 aromatic carbocycles. The van der Waals surface area contributed by atoms with Crippen LogP contribution in [0.5, 0.6) is 11.5 Å². The van der Waals surface area contributed by atoms with Crippen molar-refractivity contribution in [3.63, 3.8) is 0 Å². The van der Waals surface area contributed by atoms with Gasteiger partial charge in [0, 0.05) is 30.6 Å². The number of rotatable bonds is 4. The standard InChI is InChI=1S/C17H17F3N2O4/c18-17(19,20)15(23)5-7-22-6-1-2-12(22)16(24)21-11-3-4-13-14(10-11)26-9-8-25-13/h3-5,7,10,12H,1-2,6,8-9H2,(H,21,24)/b7-5+/t12-/m1/s1. The number of nitrogens with zero attached hydrogens (tertiary/aromatic N) is 1. The van der Waals surface area contributed by atoms with Crippen LogP contribution in [0.4, 0.5) is 18.9 Å². The Morgan fingerprint density at radius 2 is 1.92 bits per heavy atom. The van der Waals surface area contributed by atoms with E-state index in [1.54, 1.807) is 18.2 Å². The molecular weight excluding hydrogens is 353 g/mol. The maximum atomic E-state index is 12.5. The van der Waals surface area contributed by atoms with Crippen LogP contribution in [0.1, 0.15) is 12.8 Å². The largest absolute Gasteiger partial charge is 0.486 e. The van der Waals surface area contributed by atoms with Gasteiger partial charge in [0.2, 0.25) is 5.91 Å². The molecule has 1 fully saturated rings. The smallest absolute Gasteiger partial charge is 0.454 e. The molecule has 6 nitrogen and oxygen atoms in total. The van der Waals surface area contributed by atoms with Crippen LogP contribution in [0, 0.1) is 0 Å². The average molecular weight is 370 g/mol. The molecule has 2 aliphatic heterocycles. The van der Waals surface area contributed by atoms with E-state index in [2.05, 4.69) is 5.32 Å². The predicted octanol–water partition coefficient (Wildman–Crippen LogP) is 2.51. The molecule has 1 saturated heterocycles. The Morgan fingerprint density at radius 1 is 1.19 bits per heavy atom. The number of alkyl halides is 3. The molecule has 26 heavy (non-hydrogen) atoms. The molecule has 0 unspecified atom stereocenters. The third kappa shape index (κ3) is 4.09. The van der Waals surface area contributed by atoms with Crippen LogP contribution >= 0.6 is 0 Å². The molecule has 0 aliphatic carbocycles. The van der Waals surface area contributed by atoms with Crippen molar-refractivity contribution in [2.75, 3.05) is 25.1 Å². The zero-order valence-corrected chi connectivity index (χ0v) is 13.7. The summed E-state index contributed by atoms with van der Waals surface area (Å²) in [6.07, 6.45) is -2.30. The minimum atomic E-state index is -4.92. The van der Waals surface area contributed by atoms with Crippen molar-refractivity contribution in [2.45, 2.75) is 25.1 Å². The number of amides is 1. The lowest BCUT2D eigenvalue weighted by Gasteiger charge is -2.23. The molecule has 1 amide bonds. The SMILES string of the molecule is O=C(Nc1ccc2c(c1)OCCO2)[C@H]1CCCN1/C=C/C(=O)C(F)(F)F. The number of carbonyl (C=O) groups excluding carboxylic acids is 2. The Kier molecular flexibility index (Phi) is 5.06. The quantitative estimate of drug-likeness (QED) is 0.825. The van der Waals surface area contributed by atoms with E-state index in [1.807, 2.05) is 0 Å². The summed E-state index contributed by atoms with van der Waals surface area (Å²) in [5, 5.41) is 2.72. The van der Waals surface area contributed by atoms with Gasteiger partial charge in [-0.15, -0.1) is 0 Å². The van der Waals surface area contributed by atoms with Gasteiger partial charge in [0.25, 0.3) is 5.78 Å². The first-order chi connectivity index (χ1) is 12.3. The number of fused-ring (bicyclic) bond motifs is 1. The fourth-order valence-electron chi connectivity index (χ4n) is 2.85. The minimum Gasteiger partial charge on any atom is -0.486 e. The van der Waals surface area contributed by atoms with Crippen LogP contribution < -0.4 is 14.8 Å². The van der Waals surface area contributed by atoms with E-state index < -0.39 is 18.0 Å². The number of ketones is 1. The predicted molar refractivity (Wildman–Crippen MR) is 86.0 cm³/mol. The molecule has 0 aromatic heterocycles. The first kappa shape index (κ1) is 18.1. The second-order valence-electron chi connectivity index (χ2n) is 5.92. The van der Waals surface area contributed by atoms with Crippen LogP contribution in [-0.2, 0) is 9.59 Å². The highest BCUT2D eigenvalue weighted by molar-refractivity contribution is 5.96. The summed E-state index contributed by atoms with van der Waals surface area (Å²) in [7, 11) is 0. The van der Waals surface area contributed by atoms with Crippen molar-refractivity contribution < 1.29 is 32.2 Å². The normalized spacial score (nSPS) is 19.7. The summed E-state index contributed by atoms with van der Waals surface area (Å²) >= 11 is 0. The van der Waals surface area contributed by atoms with Crippen molar-refractivity contribution in [1.29, 1.82) is 0 Å². The summed E-state index contributed by atoms with van der Waals surface area (Å²) < 4.78 is 47.7. The number of nitrogens with one attached hydrogen (secondary N) is 1. The lowest BCUT2D eigenvalue weighted by atomic mass is 10.2. The van der Waals surface area contributed by atoms with Gasteiger partial charge in [0.05, 0.1) is 0 Å². The van der Waals surface area contributed by atoms with E-state index in [0.717, 1.165) is 6.20 Å². The van der Waals surface area contributed by atoms with Gasteiger partial charge in [-0.1, -0.05) is 0 Å². The molecular formula is C17H17F3N2O4. The van der Waals surface area contributed by atoms with Gasteiger partial charge >= 0.3 is 6.18 Å². The lowest BCUT2D eigenvalue weighted by molar-refractivity contribution is -0.165. The number of carbonyl (C=O) groups is 2. The number of benzene rings is 1. The van der Waals surface area contributed by atoms with Gasteiger partial charge in [0.1, 0.15) is 19.3 Å². The van der Waals surface area contributed by atoms with E-state index >= 15 is 0 Å². The van der Waals surface area contributed by atoms with Crippen molar-refractivity contribution in [1.82, 2.24) is 4.90 Å². The second-order valence-corrected chi connectivity index (χ2v) is 5.92. The number of halogens is 3. The molecule has 0 spiro atoms. The summed E-state index contributed by atoms with van der Waals surface area (Å²) in [6.45, 7) is 1.28. The lowest BCUT2D eigenvalue weighted by Crippen LogP contribution is -2.36. The number of hydrogen-bond donors (Lipinski definition) is 1. The zero-order chi connectivity index (χ0) is 18.7. The van der Waals surface area contributed by atoms with E-state index in [1.165, 1.54) is 4.90 Å². The molecule has 3 rings (SSSR count). The van der Waals surface area contributed by atoms with Crippen molar-refractivity contribution in [2.24, 2.45) is 0 Å². The summed E-state index contributed by atoms with van der Waals surface area (Å²) in [4.78, 5) is 24.9. The highest BCUT2D eigenvalue weighted by Crippen LogP contribution is 2.33. The Balaban J connectivity index is 1.65. The van der Waals surface area contributed by atoms with Gasteiger partial charge in [-0.3, -0.25) is 9.59 Å². The highest BCUT2D eigenvalue weighted by atomic mass is 19.4. The minimum absolute atomic E-state index is 0.358. The van der Waals surface area contributed by atoms with E-state index in [0.29, 0.717) is 55.9 Å². The van der Waals surface area contributed by atoms with Crippen molar-refractivity contribution in [3.05, 3.63) is 30.5 Å². The van der Waals surface area contributed by atoms with Gasteiger partial charge in [-0.2, -0.15) is 13.2 Å². The van der Waals surface area contributed by atoms with E-state index in [4.69, 9.17) is 9.47 Å². The van der Waals surface area contributed by atoms with Crippen molar-refractivity contribution in [3.8, 4) is 11.5 Å². The topological polar surface area (TPSA) is 67.9 Å². The molecule has 1 atom stereocenters. The van der Waals surface area contributed by atoms with Crippen LogP contribution in [-0.4, -0.2) is 48.6 Å². The van der Waals surface area contributed by atoms with Gasteiger partial charge in [-0.05, 0) is 25.0 Å². The van der Waals surface area contributed by atoms with Gasteiger partial charge < -0.3 is 19.7 Å². The maximum Gasteiger partial charge on any atom is 0.454 e. The first-order valence-electron chi connectivity index (χ1n) is 8.10. The Morgan fingerprint density at radius 3 is 2.65 bits per heavy atom. The number of anilines is 1. The van der Waals surface area contributed by atoms with Crippen LogP contribution in [0.15, 0.2) is 30.5 Å². The fourth-order valence-corrected chi connectivity index (χ4v) is 2.85. The average Bonchev–Trinajstić information content (AvgIpc) is 3.07. The second kappa shape index (κ2) is 7.27. The van der Waals surface area contributed by atoms with Crippen LogP contribution in [0.25, 0.3) is 0 Å². The number of likely N-dealkylation sites (tertiary alicyclic amines) is 1. The fraction of sp³-hybridized carbons (Fsp3) is 0.412. The molecule has 1 aromatic rings. The maximum absolute atomic E-state index is 12.5. The molecule has 1 N–H and O–H groups in total. The van der Waals surface area contributed by atoms with Crippen LogP contribution in [0.2, 0.25) is 0 Å². The van der Waals surface area contributed by atoms with E-state index in [-0.39, 0.29) is 5.91 Å². The van der Waals surface area contributed by atoms with Gasteiger partial charge in [0.15, 0.2) is 11.5 Å². The zero-order valence-electron chi connectivity index (χ0n) is 13.7. The molecule has 0 saturated carbocycles. The number of hydrogen-bond acceptors (Lipinski definition) is 5. The van der Waals surface area contributed by atoms with Crippen LogP contribution in [0.3, 0.4) is 0 Å². The van der Waals surface area contributed by atoms with Crippen molar-refractivity contribution >= 4 is 17.4 Å². The monoisotopic (exact) mass is 370 g/mol. The molecule has 9 heteroatoms. The molecule has 2 heterocycles. The Bertz CT molecular complexity index is 733. The summed E-state index contributed by atoms with van der Waals surface area (Å²) in [5.41, 5.74) is 0.501. The highest BCUT2D eigenvalue weighted by Gasteiger charge is 2.37. The summed E-state index contributed by atoms with van der Waals surface area (Å²) in [6, 6.07) is 4.33. The number of allylic oxidation sites excluding steroid dienone is 1. The Labute approximate surface area is 147 Å². The third-order valence-electron chi connectivity index (χ3n) is 4.10.